The van der Waals surface area contributed by atoms with Crippen molar-refractivity contribution in [1.29, 1.82) is 0 Å². The van der Waals surface area contributed by atoms with E-state index in [0.717, 1.165) is 11.1 Å². The molecule has 0 fully saturated rings. The maximum atomic E-state index is 15.2. The second-order valence-electron chi connectivity index (χ2n) is 8.21. The predicted molar refractivity (Wildman–Crippen MR) is 125 cm³/mol. The van der Waals surface area contributed by atoms with Gasteiger partial charge in [-0.05, 0) is 68.0 Å². The lowest BCUT2D eigenvalue weighted by Gasteiger charge is -2.16. The molecule has 6 nitrogen and oxygen atoms in total. The second kappa shape index (κ2) is 9.87. The Morgan fingerprint density at radius 3 is 2.15 bits per heavy atom. The molecule has 0 aromatic heterocycles. The van der Waals surface area contributed by atoms with Crippen LogP contribution in [-0.4, -0.2) is 17.9 Å². The van der Waals surface area contributed by atoms with Gasteiger partial charge in [-0.25, -0.2) is 18.8 Å². The Morgan fingerprint density at radius 2 is 1.53 bits per heavy atom. The Kier molecular flexibility index (Phi) is 7.15. The van der Waals surface area contributed by atoms with E-state index in [9.17, 15) is 14.4 Å². The highest BCUT2D eigenvalue weighted by Crippen LogP contribution is 2.43. The van der Waals surface area contributed by atoms with Crippen LogP contribution in [0, 0.1) is 5.82 Å². The van der Waals surface area contributed by atoms with Gasteiger partial charge in [-0.2, -0.15) is 0 Å². The van der Waals surface area contributed by atoms with Crippen molar-refractivity contribution in [3.63, 3.8) is 0 Å². The van der Waals surface area contributed by atoms with Gasteiger partial charge in [0, 0.05) is 16.7 Å². The standard InChI is InChI=1S/C27H25FO6/c1-14(2)25(29)32-22-11-10-19-18(8-7-9-20(19)22)17-12-21(28)24(34-27(31)16(5)6)23(13-17)33-26(30)15(3)4/h7-9,12-13,22H,1,3,5,10-11H2,2,4,6H3. The Balaban J connectivity index is 2.07. The van der Waals surface area contributed by atoms with Gasteiger partial charge in [0.1, 0.15) is 6.10 Å². The Morgan fingerprint density at radius 1 is 0.912 bits per heavy atom. The number of carbonyl (C=O) groups excluding carboxylic acids is 3. The Bertz CT molecular complexity index is 1240. The van der Waals surface area contributed by atoms with Crippen molar-refractivity contribution < 1.29 is 33.0 Å². The third-order valence-electron chi connectivity index (χ3n) is 5.23. The predicted octanol–water partition coefficient (Wildman–Crippen LogP) is 5.56. The van der Waals surface area contributed by atoms with Crippen LogP contribution in [0.1, 0.15) is 44.4 Å². The summed E-state index contributed by atoms with van der Waals surface area (Å²) in [4.78, 5) is 36.2. The van der Waals surface area contributed by atoms with E-state index in [0.29, 0.717) is 29.5 Å². The van der Waals surface area contributed by atoms with Gasteiger partial charge in [-0.3, -0.25) is 0 Å². The molecule has 34 heavy (non-hydrogen) atoms. The minimum atomic E-state index is -0.891. The number of fused-ring (bicyclic) bond motifs is 1. The van der Waals surface area contributed by atoms with Crippen LogP contribution in [0.4, 0.5) is 4.39 Å². The second-order valence-corrected chi connectivity index (χ2v) is 8.21. The molecule has 3 rings (SSSR count). The molecule has 1 unspecified atom stereocenters. The maximum Gasteiger partial charge on any atom is 0.338 e. The van der Waals surface area contributed by atoms with Gasteiger partial charge < -0.3 is 14.2 Å². The van der Waals surface area contributed by atoms with E-state index >= 15 is 4.39 Å². The highest BCUT2D eigenvalue weighted by Gasteiger charge is 2.29. The first-order valence-electron chi connectivity index (χ1n) is 10.6. The van der Waals surface area contributed by atoms with Crippen molar-refractivity contribution in [2.75, 3.05) is 0 Å². The minimum Gasteiger partial charge on any atom is -0.454 e. The first-order valence-corrected chi connectivity index (χ1v) is 10.6. The van der Waals surface area contributed by atoms with Gasteiger partial charge in [0.05, 0.1) is 0 Å². The quantitative estimate of drug-likeness (QED) is 0.303. The molecule has 0 spiro atoms. The van der Waals surface area contributed by atoms with E-state index in [1.54, 1.807) is 19.1 Å². The number of benzene rings is 2. The number of hydrogen-bond donors (Lipinski definition) is 0. The smallest absolute Gasteiger partial charge is 0.338 e. The van der Waals surface area contributed by atoms with Crippen molar-refractivity contribution in [3.8, 4) is 22.6 Å². The lowest BCUT2D eigenvalue weighted by molar-refractivity contribution is -0.144. The molecule has 176 valence electrons. The zero-order valence-corrected chi connectivity index (χ0v) is 19.3. The van der Waals surface area contributed by atoms with Gasteiger partial charge in [-0.1, -0.05) is 37.9 Å². The van der Waals surface area contributed by atoms with E-state index in [2.05, 4.69) is 19.7 Å². The van der Waals surface area contributed by atoms with E-state index < -0.39 is 35.6 Å². The third kappa shape index (κ3) is 5.14. The van der Waals surface area contributed by atoms with Crippen LogP contribution in [0.3, 0.4) is 0 Å². The maximum absolute atomic E-state index is 15.2. The summed E-state index contributed by atoms with van der Waals surface area (Å²) in [7, 11) is 0. The van der Waals surface area contributed by atoms with Crippen LogP contribution in [0.15, 0.2) is 66.8 Å². The number of esters is 3. The molecule has 1 aliphatic rings. The van der Waals surface area contributed by atoms with Crippen LogP contribution in [0.5, 0.6) is 11.5 Å². The summed E-state index contributed by atoms with van der Waals surface area (Å²) < 4.78 is 31.1. The zero-order chi connectivity index (χ0) is 25.2. The zero-order valence-electron chi connectivity index (χ0n) is 19.3. The molecule has 1 aliphatic carbocycles. The molecule has 1 atom stereocenters. The van der Waals surface area contributed by atoms with Crippen LogP contribution in [-0.2, 0) is 25.5 Å². The van der Waals surface area contributed by atoms with Gasteiger partial charge in [0.25, 0.3) is 0 Å². The highest BCUT2D eigenvalue weighted by molar-refractivity contribution is 5.91. The Hall–Kier alpha value is -4.00. The average Bonchev–Trinajstić information content (AvgIpc) is 3.18. The topological polar surface area (TPSA) is 78.9 Å². The number of ether oxygens (including phenoxy) is 3. The summed E-state index contributed by atoms with van der Waals surface area (Å²) in [5.41, 5.74) is 3.21. The molecular weight excluding hydrogens is 439 g/mol. The third-order valence-corrected chi connectivity index (χ3v) is 5.23. The molecule has 0 bridgehead atoms. The number of rotatable bonds is 7. The van der Waals surface area contributed by atoms with Gasteiger partial charge in [-0.15, -0.1) is 0 Å². The lowest BCUT2D eigenvalue weighted by atomic mass is 9.96. The fraction of sp³-hybridized carbons (Fsp3) is 0.222. The fourth-order valence-electron chi connectivity index (χ4n) is 3.50. The molecule has 0 saturated heterocycles. The summed E-state index contributed by atoms with van der Waals surface area (Å²) in [6.07, 6.45) is 0.717. The van der Waals surface area contributed by atoms with E-state index in [4.69, 9.17) is 14.2 Å². The van der Waals surface area contributed by atoms with Gasteiger partial charge in [0.2, 0.25) is 5.75 Å². The molecule has 0 N–H and O–H groups in total. The molecule has 0 heterocycles. The summed E-state index contributed by atoms with van der Waals surface area (Å²) in [5, 5.41) is 0. The first-order chi connectivity index (χ1) is 16.0. The molecular formula is C27H25FO6. The number of halogens is 1. The van der Waals surface area contributed by atoms with Crippen molar-refractivity contribution in [2.24, 2.45) is 0 Å². The highest BCUT2D eigenvalue weighted by atomic mass is 19.1. The number of carbonyl (C=O) groups is 3. The van der Waals surface area contributed by atoms with E-state index in [1.165, 1.54) is 26.0 Å². The normalized spacial score (nSPS) is 14.1. The summed E-state index contributed by atoms with van der Waals surface area (Å²) in [6.45, 7) is 15.1. The Labute approximate surface area is 197 Å². The average molecular weight is 464 g/mol. The van der Waals surface area contributed by atoms with Gasteiger partial charge >= 0.3 is 17.9 Å². The van der Waals surface area contributed by atoms with E-state index in [-0.39, 0.29) is 16.9 Å². The minimum absolute atomic E-state index is 0.0527. The first kappa shape index (κ1) is 24.6. The van der Waals surface area contributed by atoms with Crippen LogP contribution >= 0.6 is 0 Å². The van der Waals surface area contributed by atoms with Crippen molar-refractivity contribution >= 4 is 17.9 Å². The molecule has 0 aliphatic heterocycles. The van der Waals surface area contributed by atoms with E-state index in [1.807, 2.05) is 6.07 Å². The van der Waals surface area contributed by atoms with Crippen molar-refractivity contribution in [1.82, 2.24) is 0 Å². The van der Waals surface area contributed by atoms with Crippen LogP contribution in [0.2, 0.25) is 0 Å². The summed E-state index contributed by atoms with van der Waals surface area (Å²) >= 11 is 0. The molecule has 7 heteroatoms. The molecule has 2 aromatic rings. The fourth-order valence-corrected chi connectivity index (χ4v) is 3.50. The van der Waals surface area contributed by atoms with Crippen LogP contribution < -0.4 is 9.47 Å². The van der Waals surface area contributed by atoms with Crippen molar-refractivity contribution in [2.45, 2.75) is 39.7 Å². The molecule has 0 amide bonds. The number of hydrogen-bond acceptors (Lipinski definition) is 6. The van der Waals surface area contributed by atoms with Crippen molar-refractivity contribution in [3.05, 3.63) is 83.7 Å². The van der Waals surface area contributed by atoms with Crippen LogP contribution in [0.25, 0.3) is 11.1 Å². The van der Waals surface area contributed by atoms with Gasteiger partial charge in [0.15, 0.2) is 11.6 Å². The lowest BCUT2D eigenvalue weighted by Crippen LogP contribution is -2.14. The molecule has 2 aromatic carbocycles. The SMILES string of the molecule is C=C(C)C(=O)Oc1cc(-c2cccc3c2CCC3OC(=O)C(=C)C)cc(F)c1OC(=O)C(=C)C. The largest absolute Gasteiger partial charge is 0.454 e. The summed E-state index contributed by atoms with van der Waals surface area (Å²) in [5.74, 6) is -3.81. The summed E-state index contributed by atoms with van der Waals surface area (Å²) in [6, 6.07) is 8.04. The monoisotopic (exact) mass is 464 g/mol. The molecule has 0 radical (unpaired) electrons. The molecule has 0 saturated carbocycles.